The summed E-state index contributed by atoms with van der Waals surface area (Å²) in [5, 5.41) is 6.32. The number of nitrogens with one attached hydrogen (secondary N) is 1. The van der Waals surface area contributed by atoms with Crippen molar-refractivity contribution in [3.63, 3.8) is 0 Å². The molecule has 0 aliphatic heterocycles. The summed E-state index contributed by atoms with van der Waals surface area (Å²) < 4.78 is 0. The number of hydrogen-bond acceptors (Lipinski definition) is 6. The van der Waals surface area contributed by atoms with Crippen molar-refractivity contribution < 1.29 is 4.79 Å². The number of carbonyl (C=O) groups excluding carboxylic acids is 1. The van der Waals surface area contributed by atoms with E-state index < -0.39 is 0 Å². The third-order valence-corrected chi connectivity index (χ3v) is 4.32. The van der Waals surface area contributed by atoms with Crippen molar-refractivity contribution in [1.29, 1.82) is 0 Å². The van der Waals surface area contributed by atoms with E-state index in [0.29, 0.717) is 22.2 Å². The molecule has 2 aromatic heterocycles. The molecule has 2 heterocycles. The highest BCUT2D eigenvalue weighted by molar-refractivity contribution is 7.17. The number of anilines is 1. The average Bonchev–Trinajstić information content (AvgIpc) is 2.85. The van der Waals surface area contributed by atoms with Crippen LogP contribution in [0.15, 0.2) is 5.38 Å². The molecule has 96 valence electrons. The fraction of sp³-hybridized carbons (Fsp3) is 0.364. The predicted octanol–water partition coefficient (Wildman–Crippen LogP) is 1.77. The average molecular weight is 282 g/mol. The molecule has 18 heavy (non-hydrogen) atoms. The van der Waals surface area contributed by atoms with Gasteiger partial charge in [0.15, 0.2) is 5.13 Å². The van der Waals surface area contributed by atoms with Crippen molar-refractivity contribution in [2.75, 3.05) is 12.3 Å². The van der Waals surface area contributed by atoms with Crippen LogP contribution in [0.25, 0.3) is 0 Å². The summed E-state index contributed by atoms with van der Waals surface area (Å²) in [5.41, 5.74) is 7.26. The molecule has 0 aliphatic carbocycles. The summed E-state index contributed by atoms with van der Waals surface area (Å²) in [6.07, 6.45) is 0.748. The van der Waals surface area contributed by atoms with E-state index in [9.17, 15) is 4.79 Å². The van der Waals surface area contributed by atoms with Gasteiger partial charge >= 0.3 is 0 Å². The summed E-state index contributed by atoms with van der Waals surface area (Å²) in [5.74, 6) is -0.116. The summed E-state index contributed by atoms with van der Waals surface area (Å²) in [6.45, 7) is 4.32. The minimum Gasteiger partial charge on any atom is -0.375 e. The molecule has 1 amide bonds. The number of rotatable bonds is 4. The lowest BCUT2D eigenvalue weighted by atomic mass is 10.3. The molecular weight excluding hydrogens is 268 g/mol. The van der Waals surface area contributed by atoms with Crippen LogP contribution in [0.2, 0.25) is 0 Å². The highest BCUT2D eigenvalue weighted by Gasteiger charge is 2.13. The van der Waals surface area contributed by atoms with Crippen molar-refractivity contribution in [2.45, 2.75) is 20.3 Å². The smallest absolute Gasteiger partial charge is 0.263 e. The maximum absolute atomic E-state index is 11.9. The molecule has 2 rings (SSSR count). The Bertz CT molecular complexity index is 561. The first-order chi connectivity index (χ1) is 8.56. The van der Waals surface area contributed by atoms with Gasteiger partial charge < -0.3 is 11.1 Å². The van der Waals surface area contributed by atoms with Gasteiger partial charge in [0.2, 0.25) is 0 Å². The Morgan fingerprint density at radius 3 is 2.78 bits per heavy atom. The number of aryl methyl sites for hydroxylation is 2. The van der Waals surface area contributed by atoms with E-state index in [1.165, 1.54) is 11.3 Å². The van der Waals surface area contributed by atoms with Gasteiger partial charge in [0, 0.05) is 24.0 Å². The molecule has 0 saturated carbocycles. The third kappa shape index (κ3) is 3.05. The van der Waals surface area contributed by atoms with Crippen LogP contribution in [-0.4, -0.2) is 22.4 Å². The predicted molar refractivity (Wildman–Crippen MR) is 74.2 cm³/mol. The van der Waals surface area contributed by atoms with E-state index in [1.54, 1.807) is 18.3 Å². The monoisotopic (exact) mass is 282 g/mol. The number of hydrogen-bond donors (Lipinski definition) is 2. The van der Waals surface area contributed by atoms with Crippen LogP contribution in [0.4, 0.5) is 5.13 Å². The lowest BCUT2D eigenvalue weighted by Gasteiger charge is -2.01. The molecule has 0 fully saturated rings. The van der Waals surface area contributed by atoms with Gasteiger partial charge in [-0.25, -0.2) is 9.97 Å². The van der Waals surface area contributed by atoms with Gasteiger partial charge in [-0.15, -0.1) is 11.3 Å². The Morgan fingerprint density at radius 1 is 1.44 bits per heavy atom. The van der Waals surface area contributed by atoms with Crippen molar-refractivity contribution in [2.24, 2.45) is 0 Å². The van der Waals surface area contributed by atoms with Crippen molar-refractivity contribution in [1.82, 2.24) is 15.3 Å². The highest BCUT2D eigenvalue weighted by Crippen LogP contribution is 2.19. The maximum Gasteiger partial charge on any atom is 0.263 e. The molecule has 0 spiro atoms. The molecule has 0 unspecified atom stereocenters. The Labute approximate surface area is 113 Å². The molecule has 0 radical (unpaired) electrons. The van der Waals surface area contributed by atoms with Crippen molar-refractivity contribution in [3.8, 4) is 0 Å². The van der Waals surface area contributed by atoms with Crippen LogP contribution in [0.5, 0.6) is 0 Å². The van der Waals surface area contributed by atoms with Gasteiger partial charge in [-0.3, -0.25) is 4.79 Å². The molecule has 0 atom stereocenters. The number of aromatic nitrogens is 2. The largest absolute Gasteiger partial charge is 0.375 e. The lowest BCUT2D eigenvalue weighted by Crippen LogP contribution is -2.25. The van der Waals surface area contributed by atoms with E-state index >= 15 is 0 Å². The van der Waals surface area contributed by atoms with Gasteiger partial charge in [-0.1, -0.05) is 11.3 Å². The quantitative estimate of drug-likeness (QED) is 0.895. The first-order valence-electron chi connectivity index (χ1n) is 5.48. The topological polar surface area (TPSA) is 80.9 Å². The number of nitrogens with two attached hydrogens (primary N) is 1. The van der Waals surface area contributed by atoms with Crippen LogP contribution >= 0.6 is 22.7 Å². The minimum absolute atomic E-state index is 0.116. The standard InChI is InChI=1S/C11H14N4OS2/c1-6-5-17-8(14-6)3-4-13-10(16)9-7(2)15-11(12)18-9/h5H,3-4H2,1-2H3,(H2,12,15)(H,13,16). The molecule has 7 heteroatoms. The second-order valence-electron chi connectivity index (χ2n) is 3.86. The van der Waals surface area contributed by atoms with Crippen LogP contribution in [-0.2, 0) is 6.42 Å². The second-order valence-corrected chi connectivity index (χ2v) is 5.83. The van der Waals surface area contributed by atoms with E-state index in [1.807, 2.05) is 12.3 Å². The zero-order chi connectivity index (χ0) is 13.1. The Morgan fingerprint density at radius 2 is 2.22 bits per heavy atom. The van der Waals surface area contributed by atoms with Crippen molar-refractivity contribution in [3.05, 3.63) is 26.7 Å². The van der Waals surface area contributed by atoms with Crippen LogP contribution in [0, 0.1) is 13.8 Å². The van der Waals surface area contributed by atoms with Gasteiger partial charge in [-0.05, 0) is 13.8 Å². The zero-order valence-corrected chi connectivity index (χ0v) is 11.8. The van der Waals surface area contributed by atoms with Gasteiger partial charge in [0.05, 0.1) is 10.7 Å². The number of thiazole rings is 2. The lowest BCUT2D eigenvalue weighted by molar-refractivity contribution is 0.0957. The number of amides is 1. The Kier molecular flexibility index (Phi) is 3.93. The van der Waals surface area contributed by atoms with Gasteiger partial charge in [-0.2, -0.15) is 0 Å². The normalized spacial score (nSPS) is 10.6. The number of nitrogen functional groups attached to an aromatic ring is 1. The van der Waals surface area contributed by atoms with Crippen molar-refractivity contribution >= 4 is 33.7 Å². The van der Waals surface area contributed by atoms with Crippen LogP contribution in [0.1, 0.15) is 26.1 Å². The number of nitrogens with zero attached hydrogens (tertiary/aromatic N) is 2. The van der Waals surface area contributed by atoms with E-state index in [-0.39, 0.29) is 5.91 Å². The van der Waals surface area contributed by atoms with Gasteiger partial charge in [0.25, 0.3) is 5.91 Å². The Balaban J connectivity index is 1.87. The summed E-state index contributed by atoms with van der Waals surface area (Å²) in [7, 11) is 0. The molecule has 5 nitrogen and oxygen atoms in total. The fourth-order valence-corrected chi connectivity index (χ4v) is 3.03. The van der Waals surface area contributed by atoms with Gasteiger partial charge in [0.1, 0.15) is 4.88 Å². The summed E-state index contributed by atoms with van der Waals surface area (Å²) in [4.78, 5) is 20.8. The molecule has 0 aliphatic rings. The molecular formula is C11H14N4OS2. The second kappa shape index (κ2) is 5.45. The zero-order valence-electron chi connectivity index (χ0n) is 10.2. The number of carbonyl (C=O) groups is 1. The van der Waals surface area contributed by atoms with E-state index in [2.05, 4.69) is 15.3 Å². The first kappa shape index (κ1) is 13.0. The molecule has 0 bridgehead atoms. The summed E-state index contributed by atoms with van der Waals surface area (Å²) >= 11 is 2.83. The molecule has 2 aromatic rings. The van der Waals surface area contributed by atoms with E-state index in [4.69, 9.17) is 5.73 Å². The molecule has 0 saturated heterocycles. The third-order valence-electron chi connectivity index (χ3n) is 2.31. The molecule has 0 aromatic carbocycles. The minimum atomic E-state index is -0.116. The highest BCUT2D eigenvalue weighted by atomic mass is 32.1. The summed E-state index contributed by atoms with van der Waals surface area (Å²) in [6, 6.07) is 0. The van der Waals surface area contributed by atoms with E-state index in [0.717, 1.165) is 17.1 Å². The van der Waals surface area contributed by atoms with Crippen LogP contribution in [0.3, 0.4) is 0 Å². The SMILES string of the molecule is Cc1csc(CCNC(=O)c2sc(N)nc2C)n1. The Hall–Kier alpha value is -1.47. The first-order valence-corrected chi connectivity index (χ1v) is 7.18. The fourth-order valence-electron chi connectivity index (χ4n) is 1.51. The van der Waals surface area contributed by atoms with Crippen LogP contribution < -0.4 is 11.1 Å². The molecule has 3 N–H and O–H groups in total. The maximum atomic E-state index is 11.9.